The molecule has 0 unspecified atom stereocenters. The zero-order chi connectivity index (χ0) is 11.4. The molecular formula is C12H12N2OS. The van der Waals surface area contributed by atoms with Crippen LogP contribution in [0.4, 0.5) is 0 Å². The van der Waals surface area contributed by atoms with E-state index in [1.807, 2.05) is 30.3 Å². The minimum Gasteiger partial charge on any atom is -0.493 e. The average Bonchev–Trinajstić information content (AvgIpc) is 2.52. The number of ether oxygens (including phenoxy) is 1. The Hall–Kier alpha value is -1.68. The van der Waals surface area contributed by atoms with Crippen molar-refractivity contribution in [1.82, 2.24) is 5.32 Å². The normalized spacial score (nSPS) is 18.4. The highest BCUT2D eigenvalue weighted by atomic mass is 32.1. The molecule has 0 aromatic heterocycles. The van der Waals surface area contributed by atoms with Crippen molar-refractivity contribution in [3.8, 4) is 0 Å². The smallest absolute Gasteiger partial charge is 0.143 e. The van der Waals surface area contributed by atoms with Crippen LogP contribution in [0.5, 0.6) is 0 Å². The van der Waals surface area contributed by atoms with Gasteiger partial charge in [-0.05, 0) is 0 Å². The van der Waals surface area contributed by atoms with Gasteiger partial charge in [0.2, 0.25) is 0 Å². The first-order valence-corrected chi connectivity index (χ1v) is 5.36. The van der Waals surface area contributed by atoms with Crippen LogP contribution < -0.4 is 5.32 Å². The van der Waals surface area contributed by atoms with Crippen molar-refractivity contribution >= 4 is 28.6 Å². The fraction of sp³-hybridized carbons (Fsp3) is 0.167. The SMILES string of the molecule is CN=C1NC(c2ccccc2)=COCC1=S. The van der Waals surface area contributed by atoms with Crippen LogP contribution in [-0.4, -0.2) is 24.4 Å². The molecule has 0 bridgehead atoms. The molecule has 1 aromatic rings. The Bertz CT molecular complexity index is 451. The lowest BCUT2D eigenvalue weighted by atomic mass is 10.2. The van der Waals surface area contributed by atoms with Gasteiger partial charge >= 0.3 is 0 Å². The molecule has 82 valence electrons. The molecule has 0 amide bonds. The van der Waals surface area contributed by atoms with Gasteiger partial charge in [-0.25, -0.2) is 0 Å². The maximum absolute atomic E-state index is 5.36. The highest BCUT2D eigenvalue weighted by Gasteiger charge is 2.13. The molecule has 0 atom stereocenters. The zero-order valence-electron chi connectivity index (χ0n) is 8.93. The summed E-state index contributed by atoms with van der Waals surface area (Å²) in [5.41, 5.74) is 1.93. The summed E-state index contributed by atoms with van der Waals surface area (Å²) >= 11 is 5.16. The standard InChI is InChI=1S/C12H12N2OS/c1-13-12-11(16)8-15-7-10(14-12)9-5-3-2-4-6-9/h2-7H,8H2,1H3,(H,13,14). The van der Waals surface area contributed by atoms with E-state index in [0.29, 0.717) is 17.3 Å². The van der Waals surface area contributed by atoms with Crippen molar-refractivity contribution in [1.29, 1.82) is 0 Å². The Kier molecular flexibility index (Phi) is 3.31. The summed E-state index contributed by atoms with van der Waals surface area (Å²) < 4.78 is 5.36. The molecule has 16 heavy (non-hydrogen) atoms. The van der Waals surface area contributed by atoms with Crippen LogP contribution in [0.1, 0.15) is 5.56 Å². The van der Waals surface area contributed by atoms with E-state index in [9.17, 15) is 0 Å². The third-order valence-electron chi connectivity index (χ3n) is 2.24. The van der Waals surface area contributed by atoms with Gasteiger partial charge in [-0.1, -0.05) is 42.5 Å². The van der Waals surface area contributed by atoms with Gasteiger partial charge in [-0.15, -0.1) is 0 Å². The Morgan fingerprint density at radius 3 is 2.75 bits per heavy atom. The second-order valence-corrected chi connectivity index (χ2v) is 3.82. The van der Waals surface area contributed by atoms with Gasteiger partial charge < -0.3 is 10.1 Å². The fourth-order valence-corrected chi connectivity index (χ4v) is 1.64. The molecule has 1 aromatic carbocycles. The molecule has 1 aliphatic rings. The lowest BCUT2D eigenvalue weighted by Crippen LogP contribution is -2.28. The van der Waals surface area contributed by atoms with E-state index in [2.05, 4.69) is 10.3 Å². The van der Waals surface area contributed by atoms with Crippen LogP contribution in [0.25, 0.3) is 5.70 Å². The molecule has 1 N–H and O–H groups in total. The number of amidine groups is 1. The first-order chi connectivity index (χ1) is 7.81. The van der Waals surface area contributed by atoms with Crippen molar-refractivity contribution in [3.05, 3.63) is 42.2 Å². The maximum Gasteiger partial charge on any atom is 0.143 e. The van der Waals surface area contributed by atoms with Gasteiger partial charge in [0.05, 0.1) is 10.6 Å². The summed E-state index contributed by atoms with van der Waals surface area (Å²) in [6.45, 7) is 0.394. The molecule has 0 saturated carbocycles. The van der Waals surface area contributed by atoms with Gasteiger partial charge in [0, 0.05) is 12.6 Å². The van der Waals surface area contributed by atoms with Gasteiger partial charge in [-0.2, -0.15) is 0 Å². The molecule has 4 heteroatoms. The summed E-state index contributed by atoms with van der Waals surface area (Å²) in [5.74, 6) is 0.697. The second kappa shape index (κ2) is 4.90. The van der Waals surface area contributed by atoms with E-state index in [4.69, 9.17) is 17.0 Å². The van der Waals surface area contributed by atoms with Crippen LogP contribution in [0.15, 0.2) is 41.6 Å². The fourth-order valence-electron chi connectivity index (χ4n) is 1.43. The first-order valence-electron chi connectivity index (χ1n) is 4.95. The third kappa shape index (κ3) is 2.28. The molecule has 2 rings (SSSR count). The number of nitrogens with zero attached hydrogens (tertiary/aromatic N) is 1. The predicted octanol–water partition coefficient (Wildman–Crippen LogP) is 2.00. The number of benzene rings is 1. The van der Waals surface area contributed by atoms with Gasteiger partial charge in [0.1, 0.15) is 18.7 Å². The summed E-state index contributed by atoms with van der Waals surface area (Å²) in [7, 11) is 1.71. The number of aliphatic imine (C=N–C) groups is 1. The molecule has 0 saturated heterocycles. The molecular weight excluding hydrogens is 220 g/mol. The van der Waals surface area contributed by atoms with Gasteiger partial charge in [0.25, 0.3) is 0 Å². The third-order valence-corrected chi connectivity index (χ3v) is 2.55. The van der Waals surface area contributed by atoms with Crippen LogP contribution in [0, 0.1) is 0 Å². The highest BCUT2D eigenvalue weighted by Crippen LogP contribution is 2.13. The van der Waals surface area contributed by atoms with Crippen molar-refractivity contribution in [2.45, 2.75) is 0 Å². The predicted molar refractivity (Wildman–Crippen MR) is 69.5 cm³/mol. The molecule has 1 aliphatic heterocycles. The Balaban J connectivity index is 2.29. The highest BCUT2D eigenvalue weighted by molar-refractivity contribution is 7.82. The van der Waals surface area contributed by atoms with Crippen LogP contribution >= 0.6 is 12.2 Å². The Morgan fingerprint density at radius 1 is 1.31 bits per heavy atom. The van der Waals surface area contributed by atoms with E-state index in [0.717, 1.165) is 11.3 Å². The largest absolute Gasteiger partial charge is 0.493 e. The van der Waals surface area contributed by atoms with Crippen molar-refractivity contribution in [2.24, 2.45) is 4.99 Å². The first kappa shape index (κ1) is 10.8. The van der Waals surface area contributed by atoms with E-state index < -0.39 is 0 Å². The summed E-state index contributed by atoms with van der Waals surface area (Å²) in [6.07, 6.45) is 1.68. The number of hydrogen-bond acceptors (Lipinski definition) is 3. The molecule has 1 heterocycles. The molecule has 0 fully saturated rings. The van der Waals surface area contributed by atoms with Gasteiger partial charge in [0.15, 0.2) is 0 Å². The molecule has 0 aliphatic carbocycles. The number of rotatable bonds is 1. The van der Waals surface area contributed by atoms with Crippen LogP contribution in [0.3, 0.4) is 0 Å². The van der Waals surface area contributed by atoms with Crippen molar-refractivity contribution in [3.63, 3.8) is 0 Å². The summed E-state index contributed by atoms with van der Waals surface area (Å²) in [4.78, 5) is 4.79. The van der Waals surface area contributed by atoms with Crippen LogP contribution in [-0.2, 0) is 4.74 Å². The van der Waals surface area contributed by atoms with E-state index in [1.54, 1.807) is 13.3 Å². The Morgan fingerprint density at radius 2 is 2.06 bits per heavy atom. The van der Waals surface area contributed by atoms with Crippen molar-refractivity contribution < 1.29 is 4.74 Å². The minimum absolute atomic E-state index is 0.394. The number of thiocarbonyl (C=S) groups is 1. The van der Waals surface area contributed by atoms with Crippen LogP contribution in [0.2, 0.25) is 0 Å². The average molecular weight is 232 g/mol. The lowest BCUT2D eigenvalue weighted by Gasteiger charge is -2.08. The quantitative estimate of drug-likeness (QED) is 0.752. The Labute approximate surface area is 99.8 Å². The number of nitrogens with one attached hydrogen (secondary N) is 1. The van der Waals surface area contributed by atoms with E-state index in [1.165, 1.54) is 0 Å². The van der Waals surface area contributed by atoms with E-state index >= 15 is 0 Å². The maximum atomic E-state index is 5.36. The van der Waals surface area contributed by atoms with Gasteiger partial charge in [-0.3, -0.25) is 4.99 Å². The molecule has 0 radical (unpaired) electrons. The topological polar surface area (TPSA) is 33.6 Å². The summed E-state index contributed by atoms with van der Waals surface area (Å²) in [6, 6.07) is 9.93. The van der Waals surface area contributed by atoms with Crippen molar-refractivity contribution in [2.75, 3.05) is 13.7 Å². The zero-order valence-corrected chi connectivity index (χ0v) is 9.75. The van der Waals surface area contributed by atoms with E-state index in [-0.39, 0.29) is 0 Å². The summed E-state index contributed by atoms with van der Waals surface area (Å²) in [5, 5.41) is 3.18. The number of hydrogen-bond donors (Lipinski definition) is 1. The molecule has 3 nitrogen and oxygen atoms in total. The molecule has 0 spiro atoms. The minimum atomic E-state index is 0.394. The second-order valence-electron chi connectivity index (χ2n) is 3.33. The monoisotopic (exact) mass is 232 g/mol. The lowest BCUT2D eigenvalue weighted by molar-refractivity contribution is 0.308.